The zero-order chi connectivity index (χ0) is 16.9. The zero-order valence-electron chi connectivity index (χ0n) is 13.5. The quantitative estimate of drug-likeness (QED) is 0.856. The Balaban J connectivity index is 1.75. The minimum Gasteiger partial charge on any atom is -0.294 e. The Morgan fingerprint density at radius 2 is 1.96 bits per heavy atom. The summed E-state index contributed by atoms with van der Waals surface area (Å²) in [4.78, 5) is 12.4. The smallest absolute Gasteiger partial charge is 0.248 e. The maximum absolute atomic E-state index is 13.3. The molecule has 1 aromatic heterocycles. The van der Waals surface area contributed by atoms with Crippen molar-refractivity contribution in [3.8, 4) is 0 Å². The minimum absolute atomic E-state index is 0.0992. The number of ketones is 1. The highest BCUT2D eigenvalue weighted by molar-refractivity contribution is 7.91. The average Bonchev–Trinajstić information content (AvgIpc) is 3.32. The second kappa shape index (κ2) is 5.18. The summed E-state index contributed by atoms with van der Waals surface area (Å²) in [6, 6.07) is 9.21. The number of fused-ring (bicyclic) bond motifs is 1. The fourth-order valence-corrected chi connectivity index (χ4v) is 4.99. The van der Waals surface area contributed by atoms with E-state index >= 15 is 0 Å². The van der Waals surface area contributed by atoms with Crippen LogP contribution in [0, 0.1) is 5.92 Å². The Bertz CT molecular complexity index is 993. The molecular weight excluding hydrogens is 322 g/mol. The molecular formula is C19H19NO3S. The van der Waals surface area contributed by atoms with Gasteiger partial charge in [-0.1, -0.05) is 36.4 Å². The first-order chi connectivity index (χ1) is 11.4. The monoisotopic (exact) mass is 341 g/mol. The lowest BCUT2D eigenvalue weighted by atomic mass is 9.91. The van der Waals surface area contributed by atoms with Gasteiger partial charge in [0.15, 0.2) is 5.78 Å². The zero-order valence-corrected chi connectivity index (χ0v) is 14.3. The van der Waals surface area contributed by atoms with Gasteiger partial charge in [0, 0.05) is 23.9 Å². The number of carbonyl (C=O) groups is 1. The van der Waals surface area contributed by atoms with Crippen molar-refractivity contribution < 1.29 is 13.2 Å². The molecule has 124 valence electrons. The van der Waals surface area contributed by atoms with Gasteiger partial charge in [0.1, 0.15) is 4.75 Å². The van der Waals surface area contributed by atoms with Gasteiger partial charge in [-0.3, -0.25) is 4.79 Å². The summed E-state index contributed by atoms with van der Waals surface area (Å²) in [6.45, 7) is 1.70. The van der Waals surface area contributed by atoms with E-state index in [-0.39, 0.29) is 18.1 Å². The maximum atomic E-state index is 13.3. The molecule has 5 heteroatoms. The standard InChI is InChI=1S/C19H19NO3S/c1-19(11-4-6-16(13-19)18(21)15-8-9-15)24(22,23)20-12-10-14-5-2-3-7-17(14)20/h2-7,10-12,15H,8-9,13H2,1H3. The highest BCUT2D eigenvalue weighted by Crippen LogP contribution is 2.39. The van der Waals surface area contributed by atoms with E-state index in [0.717, 1.165) is 18.2 Å². The normalized spacial score (nSPS) is 24.1. The second-order valence-corrected chi connectivity index (χ2v) is 9.13. The van der Waals surface area contributed by atoms with Crippen LogP contribution in [0.25, 0.3) is 10.9 Å². The number of benzene rings is 1. The molecule has 0 aliphatic heterocycles. The molecule has 1 unspecified atom stereocenters. The fraction of sp³-hybridized carbons (Fsp3) is 0.316. The molecule has 1 heterocycles. The van der Waals surface area contributed by atoms with Crippen molar-refractivity contribution in [1.82, 2.24) is 3.97 Å². The third kappa shape index (κ3) is 2.26. The molecule has 2 aliphatic rings. The van der Waals surface area contributed by atoms with Gasteiger partial charge >= 0.3 is 0 Å². The van der Waals surface area contributed by atoms with Gasteiger partial charge in [-0.15, -0.1) is 0 Å². The van der Waals surface area contributed by atoms with Crippen LogP contribution in [0.4, 0.5) is 0 Å². The molecule has 0 radical (unpaired) electrons. The number of Topliss-reactive ketones (excluding diaryl/α,β-unsaturated/α-hetero) is 1. The molecule has 2 aliphatic carbocycles. The first-order valence-corrected chi connectivity index (χ1v) is 9.60. The molecule has 1 saturated carbocycles. The summed E-state index contributed by atoms with van der Waals surface area (Å²) in [5, 5.41) is 0.884. The Kier molecular flexibility index (Phi) is 3.32. The molecule has 2 aromatic rings. The molecule has 4 rings (SSSR count). The molecule has 0 saturated heterocycles. The summed E-state index contributed by atoms with van der Waals surface area (Å²) in [5.74, 6) is 0.209. The molecule has 4 nitrogen and oxygen atoms in total. The van der Waals surface area contributed by atoms with Gasteiger partial charge in [-0.05, 0) is 37.5 Å². The lowest BCUT2D eigenvalue weighted by Crippen LogP contribution is -2.39. The number of allylic oxidation sites excluding steroid dienone is 3. The summed E-state index contributed by atoms with van der Waals surface area (Å²) in [7, 11) is -3.68. The molecule has 1 aromatic carbocycles. The van der Waals surface area contributed by atoms with Crippen LogP contribution in [0.5, 0.6) is 0 Å². The molecule has 1 fully saturated rings. The lowest BCUT2D eigenvalue weighted by molar-refractivity contribution is -0.116. The highest BCUT2D eigenvalue weighted by atomic mass is 32.2. The summed E-state index contributed by atoms with van der Waals surface area (Å²) >= 11 is 0. The van der Waals surface area contributed by atoms with E-state index in [1.807, 2.05) is 18.2 Å². The third-order valence-corrected chi connectivity index (χ3v) is 7.26. The first-order valence-electron chi connectivity index (χ1n) is 8.16. The van der Waals surface area contributed by atoms with Gasteiger partial charge in [0.2, 0.25) is 10.0 Å². The molecule has 0 bridgehead atoms. The predicted octanol–water partition coefficient (Wildman–Crippen LogP) is 3.44. The Morgan fingerprint density at radius 1 is 1.21 bits per heavy atom. The van der Waals surface area contributed by atoms with E-state index in [1.54, 1.807) is 43.5 Å². The number of para-hydroxylation sites is 1. The molecule has 0 amide bonds. The SMILES string of the molecule is CC1(S(=O)(=O)n2ccc3ccccc32)C=CC=C(C(=O)C2CC2)C1. The number of aromatic nitrogens is 1. The van der Waals surface area contributed by atoms with Crippen LogP contribution in [-0.2, 0) is 14.8 Å². The van der Waals surface area contributed by atoms with Gasteiger partial charge in [0.05, 0.1) is 5.52 Å². The van der Waals surface area contributed by atoms with Crippen LogP contribution in [0.1, 0.15) is 26.2 Å². The molecule has 24 heavy (non-hydrogen) atoms. The van der Waals surface area contributed by atoms with E-state index in [1.165, 1.54) is 3.97 Å². The van der Waals surface area contributed by atoms with Crippen LogP contribution < -0.4 is 0 Å². The number of hydrogen-bond acceptors (Lipinski definition) is 3. The van der Waals surface area contributed by atoms with Crippen molar-refractivity contribution in [1.29, 1.82) is 0 Å². The van der Waals surface area contributed by atoms with Crippen LogP contribution >= 0.6 is 0 Å². The predicted molar refractivity (Wildman–Crippen MR) is 94.2 cm³/mol. The summed E-state index contributed by atoms with van der Waals surface area (Å²) in [5.41, 5.74) is 1.29. The van der Waals surface area contributed by atoms with Crippen LogP contribution in [-0.4, -0.2) is 22.9 Å². The van der Waals surface area contributed by atoms with Gasteiger partial charge in [0.25, 0.3) is 0 Å². The first kappa shape index (κ1) is 15.4. The highest BCUT2D eigenvalue weighted by Gasteiger charge is 2.43. The van der Waals surface area contributed by atoms with E-state index in [0.29, 0.717) is 11.1 Å². The number of rotatable bonds is 4. The fourth-order valence-electron chi connectivity index (χ4n) is 3.31. The largest absolute Gasteiger partial charge is 0.294 e. The van der Waals surface area contributed by atoms with Gasteiger partial charge < -0.3 is 0 Å². The lowest BCUT2D eigenvalue weighted by Gasteiger charge is -2.29. The van der Waals surface area contributed by atoms with Crippen molar-refractivity contribution in [2.45, 2.75) is 30.9 Å². The molecule has 1 atom stereocenters. The number of carbonyl (C=O) groups excluding carboxylic acids is 1. The van der Waals surface area contributed by atoms with Crippen molar-refractivity contribution in [3.05, 3.63) is 60.3 Å². The Hall–Kier alpha value is -2.14. The maximum Gasteiger partial charge on any atom is 0.248 e. The van der Waals surface area contributed by atoms with Gasteiger partial charge in [-0.25, -0.2) is 12.4 Å². The van der Waals surface area contributed by atoms with Crippen molar-refractivity contribution >= 4 is 26.7 Å². The third-order valence-electron chi connectivity index (χ3n) is 4.96. The van der Waals surface area contributed by atoms with Crippen molar-refractivity contribution in [2.75, 3.05) is 0 Å². The Labute approximate surface area is 141 Å². The van der Waals surface area contributed by atoms with E-state index < -0.39 is 14.8 Å². The van der Waals surface area contributed by atoms with E-state index in [2.05, 4.69) is 0 Å². The van der Waals surface area contributed by atoms with Gasteiger partial charge in [-0.2, -0.15) is 0 Å². The van der Waals surface area contributed by atoms with Crippen molar-refractivity contribution in [2.24, 2.45) is 5.92 Å². The van der Waals surface area contributed by atoms with Crippen LogP contribution in [0.3, 0.4) is 0 Å². The second-order valence-electron chi connectivity index (χ2n) is 6.85. The number of nitrogens with zero attached hydrogens (tertiary/aromatic N) is 1. The molecule has 0 N–H and O–H groups in total. The average molecular weight is 341 g/mol. The van der Waals surface area contributed by atoms with Crippen LogP contribution in [0.15, 0.2) is 60.3 Å². The summed E-state index contributed by atoms with van der Waals surface area (Å²) in [6.07, 6.45) is 8.85. The summed E-state index contributed by atoms with van der Waals surface area (Å²) < 4.78 is 26.8. The topological polar surface area (TPSA) is 56.1 Å². The number of hydrogen-bond donors (Lipinski definition) is 0. The van der Waals surface area contributed by atoms with E-state index in [4.69, 9.17) is 0 Å². The molecule has 0 spiro atoms. The van der Waals surface area contributed by atoms with Crippen molar-refractivity contribution in [3.63, 3.8) is 0 Å². The minimum atomic E-state index is -3.68. The van der Waals surface area contributed by atoms with E-state index in [9.17, 15) is 13.2 Å². The van der Waals surface area contributed by atoms with Crippen LogP contribution in [0.2, 0.25) is 0 Å². The Morgan fingerprint density at radius 3 is 2.71 bits per heavy atom.